The number of carboxylic acids is 1. The van der Waals surface area contributed by atoms with Crippen LogP contribution in [-0.4, -0.2) is 72.3 Å². The molecule has 0 aromatic carbocycles. The number of hydrogen-bond acceptors (Lipinski definition) is 5. The van der Waals surface area contributed by atoms with E-state index in [0.717, 1.165) is 0 Å². The summed E-state index contributed by atoms with van der Waals surface area (Å²) in [6.07, 6.45) is 1.30. The van der Waals surface area contributed by atoms with Crippen LogP contribution in [0.4, 0.5) is 4.79 Å². The number of aromatic nitrogens is 3. The lowest BCUT2D eigenvalue weighted by Gasteiger charge is -2.26. The third-order valence-electron chi connectivity index (χ3n) is 2.84. The number of urea groups is 1. The molecule has 20 heavy (non-hydrogen) atoms. The molecule has 0 unspecified atom stereocenters. The van der Waals surface area contributed by atoms with E-state index in [2.05, 4.69) is 15.6 Å². The van der Waals surface area contributed by atoms with E-state index in [0.29, 0.717) is 37.7 Å². The van der Waals surface area contributed by atoms with Crippen molar-refractivity contribution in [1.29, 1.82) is 0 Å². The zero-order valence-corrected chi connectivity index (χ0v) is 11.5. The van der Waals surface area contributed by atoms with E-state index in [1.807, 2.05) is 0 Å². The molecule has 0 radical (unpaired) electrons. The maximum Gasteiger partial charge on any atom is 0.358 e. The van der Waals surface area contributed by atoms with Gasteiger partial charge in [0, 0.05) is 41.9 Å². The van der Waals surface area contributed by atoms with Crippen LogP contribution < -0.4 is 5.32 Å². The number of carboxylic acid groups (broad SMARTS) is 1. The van der Waals surface area contributed by atoms with Crippen molar-refractivity contribution in [3.8, 4) is 0 Å². The molecule has 1 aromatic heterocycles. The van der Waals surface area contributed by atoms with Crippen LogP contribution in [0.3, 0.4) is 0 Å². The fourth-order valence-electron chi connectivity index (χ4n) is 1.74. The van der Waals surface area contributed by atoms with Crippen molar-refractivity contribution in [2.75, 3.05) is 31.1 Å². The second-order valence-electron chi connectivity index (χ2n) is 4.24. The highest BCUT2D eigenvalue weighted by Gasteiger charge is 2.19. The molecule has 2 N–H and O–H groups in total. The highest BCUT2D eigenvalue weighted by Crippen LogP contribution is 2.00. The van der Waals surface area contributed by atoms with Gasteiger partial charge in [0.15, 0.2) is 5.69 Å². The van der Waals surface area contributed by atoms with Crippen LogP contribution >= 0.6 is 0 Å². The molecule has 2 amide bonds. The number of nitrogens with zero attached hydrogens (tertiary/aromatic N) is 4. The first-order valence-corrected chi connectivity index (χ1v) is 7.56. The summed E-state index contributed by atoms with van der Waals surface area (Å²) >= 11 is 0. The smallest absolute Gasteiger partial charge is 0.358 e. The van der Waals surface area contributed by atoms with Gasteiger partial charge in [0.25, 0.3) is 0 Å². The Hall–Kier alpha value is -1.97. The fraction of sp³-hybridized carbons (Fsp3) is 0.600. The number of rotatable bonds is 4. The van der Waals surface area contributed by atoms with Gasteiger partial charge in [-0.25, -0.2) is 14.3 Å². The normalized spacial score (nSPS) is 16.1. The molecule has 10 heteroatoms. The van der Waals surface area contributed by atoms with E-state index < -0.39 is 16.8 Å². The quantitative estimate of drug-likeness (QED) is 0.717. The van der Waals surface area contributed by atoms with Crippen molar-refractivity contribution >= 4 is 22.8 Å². The number of nitrogens with one attached hydrogen (secondary N) is 1. The molecule has 1 aliphatic rings. The highest BCUT2D eigenvalue weighted by atomic mass is 32.2. The Morgan fingerprint density at radius 3 is 2.70 bits per heavy atom. The van der Waals surface area contributed by atoms with Gasteiger partial charge in [-0.3, -0.25) is 4.21 Å². The summed E-state index contributed by atoms with van der Waals surface area (Å²) in [4.78, 5) is 24.0. The van der Waals surface area contributed by atoms with E-state index in [1.54, 1.807) is 4.90 Å². The molecule has 2 heterocycles. The fourth-order valence-corrected chi connectivity index (χ4v) is 2.79. The van der Waals surface area contributed by atoms with Crippen LogP contribution in [0.2, 0.25) is 0 Å². The van der Waals surface area contributed by atoms with Gasteiger partial charge in [0.1, 0.15) is 0 Å². The Kier molecular flexibility index (Phi) is 4.66. The summed E-state index contributed by atoms with van der Waals surface area (Å²) in [6, 6.07) is -0.208. The maximum absolute atomic E-state index is 11.8. The predicted molar refractivity (Wildman–Crippen MR) is 69.8 cm³/mol. The number of hydrogen-bond donors (Lipinski definition) is 2. The van der Waals surface area contributed by atoms with E-state index >= 15 is 0 Å². The molecule has 1 aliphatic heterocycles. The minimum Gasteiger partial charge on any atom is -0.476 e. The monoisotopic (exact) mass is 301 g/mol. The Labute approximate surface area is 117 Å². The number of aromatic carboxylic acids is 1. The van der Waals surface area contributed by atoms with Crippen LogP contribution in [0, 0.1) is 0 Å². The lowest BCUT2D eigenvalue weighted by atomic mass is 10.5. The molecule has 0 spiro atoms. The predicted octanol–water partition coefficient (Wildman–Crippen LogP) is -1.25. The van der Waals surface area contributed by atoms with Gasteiger partial charge in [0.2, 0.25) is 0 Å². The van der Waals surface area contributed by atoms with E-state index in [9.17, 15) is 13.8 Å². The van der Waals surface area contributed by atoms with E-state index in [-0.39, 0.29) is 11.7 Å². The van der Waals surface area contributed by atoms with Crippen LogP contribution in [0.15, 0.2) is 6.20 Å². The number of carbonyl (C=O) groups excluding carboxylic acids is 1. The molecular weight excluding hydrogens is 286 g/mol. The zero-order valence-electron chi connectivity index (χ0n) is 10.7. The first-order chi connectivity index (χ1) is 9.56. The summed E-state index contributed by atoms with van der Waals surface area (Å²) in [5.41, 5.74) is -0.130. The summed E-state index contributed by atoms with van der Waals surface area (Å²) in [5.74, 6) is -0.113. The molecule has 1 aromatic rings. The van der Waals surface area contributed by atoms with Gasteiger partial charge >= 0.3 is 12.0 Å². The lowest BCUT2D eigenvalue weighted by molar-refractivity contribution is 0.0690. The molecule has 0 aliphatic carbocycles. The minimum absolute atomic E-state index is 0.130. The molecule has 0 atom stereocenters. The van der Waals surface area contributed by atoms with Crippen LogP contribution in [0.25, 0.3) is 0 Å². The first kappa shape index (κ1) is 14.4. The van der Waals surface area contributed by atoms with Crippen LogP contribution in [0.1, 0.15) is 10.5 Å². The van der Waals surface area contributed by atoms with Crippen molar-refractivity contribution in [1.82, 2.24) is 25.2 Å². The van der Waals surface area contributed by atoms with Crippen molar-refractivity contribution in [2.45, 2.75) is 6.54 Å². The Bertz CT molecular complexity index is 521. The topological polar surface area (TPSA) is 117 Å². The van der Waals surface area contributed by atoms with Gasteiger partial charge in [0.05, 0.1) is 12.7 Å². The van der Waals surface area contributed by atoms with Crippen LogP contribution in [0.5, 0.6) is 0 Å². The van der Waals surface area contributed by atoms with Crippen molar-refractivity contribution in [2.24, 2.45) is 0 Å². The molecule has 9 nitrogen and oxygen atoms in total. The molecule has 0 saturated carbocycles. The molecule has 1 fully saturated rings. The van der Waals surface area contributed by atoms with Crippen molar-refractivity contribution in [3.63, 3.8) is 0 Å². The molecule has 0 bridgehead atoms. The average Bonchev–Trinajstić information content (AvgIpc) is 2.88. The van der Waals surface area contributed by atoms with Crippen molar-refractivity contribution < 1.29 is 18.9 Å². The van der Waals surface area contributed by atoms with Gasteiger partial charge in [-0.05, 0) is 0 Å². The van der Waals surface area contributed by atoms with Gasteiger partial charge in [-0.1, -0.05) is 5.21 Å². The van der Waals surface area contributed by atoms with Crippen molar-refractivity contribution in [3.05, 3.63) is 11.9 Å². The first-order valence-electron chi connectivity index (χ1n) is 6.07. The number of amides is 2. The summed E-state index contributed by atoms with van der Waals surface area (Å²) < 4.78 is 12.5. The average molecular weight is 301 g/mol. The second-order valence-corrected chi connectivity index (χ2v) is 5.94. The summed E-state index contributed by atoms with van der Waals surface area (Å²) in [6.45, 7) is 1.64. The van der Waals surface area contributed by atoms with Gasteiger partial charge < -0.3 is 15.3 Å². The molecule has 2 rings (SSSR count). The molecule has 110 valence electrons. The van der Waals surface area contributed by atoms with E-state index in [1.165, 1.54) is 10.9 Å². The molecular formula is C10H15N5O4S. The zero-order chi connectivity index (χ0) is 14.5. The largest absolute Gasteiger partial charge is 0.476 e. The van der Waals surface area contributed by atoms with Crippen LogP contribution in [-0.2, 0) is 17.3 Å². The number of carbonyl (C=O) groups is 2. The Morgan fingerprint density at radius 1 is 1.40 bits per heavy atom. The Balaban J connectivity index is 1.73. The maximum atomic E-state index is 11.8. The standard InChI is InChI=1S/C10H15N5O4S/c16-9(17)8-7-15(13-12-8)2-1-11-10(18)14-3-5-20(19)6-4-14/h7H,1-6H2,(H,11,18)(H,16,17). The second kappa shape index (κ2) is 6.46. The summed E-state index contributed by atoms with van der Waals surface area (Å²) in [5, 5.41) is 18.5. The third-order valence-corrected chi connectivity index (χ3v) is 4.12. The minimum atomic E-state index is -1.14. The SMILES string of the molecule is O=C(O)c1cn(CCNC(=O)N2CCS(=O)CC2)nn1. The highest BCUT2D eigenvalue weighted by molar-refractivity contribution is 7.85. The van der Waals surface area contributed by atoms with Gasteiger partial charge in [-0.15, -0.1) is 5.10 Å². The Morgan fingerprint density at radius 2 is 2.10 bits per heavy atom. The van der Waals surface area contributed by atoms with E-state index in [4.69, 9.17) is 5.11 Å². The summed E-state index contributed by atoms with van der Waals surface area (Å²) in [7, 11) is -0.814. The lowest BCUT2D eigenvalue weighted by Crippen LogP contribution is -2.47. The van der Waals surface area contributed by atoms with Gasteiger partial charge in [-0.2, -0.15) is 0 Å². The third kappa shape index (κ3) is 3.76. The molecule has 1 saturated heterocycles.